The number of sulfonamides is 1. The van der Waals surface area contributed by atoms with Gasteiger partial charge in [-0.05, 0) is 38.9 Å². The number of amides is 1. The van der Waals surface area contributed by atoms with Crippen LogP contribution in [0, 0.1) is 5.92 Å². The quantitative estimate of drug-likeness (QED) is 0.480. The third kappa shape index (κ3) is 4.88. The maximum Gasteiger partial charge on any atom is 0.242 e. The summed E-state index contributed by atoms with van der Waals surface area (Å²) in [6.45, 7) is 4.88. The standard InChI is InChI=1S/C11H22N4O3S2/c1-3-12-11(19)14-13-10(16)9-6-5-7-15(8-9)20(17,18)4-2/h9H,3-8H2,1-2H3,(H,13,16)(H2,12,14,19). The number of hydrogen-bond donors (Lipinski definition) is 3. The van der Waals surface area contributed by atoms with Crippen LogP contribution in [0.1, 0.15) is 26.7 Å². The Labute approximate surface area is 125 Å². The Balaban J connectivity index is 2.50. The average molecular weight is 322 g/mol. The average Bonchev–Trinajstić information content (AvgIpc) is 2.45. The van der Waals surface area contributed by atoms with Crippen LogP contribution in [0.2, 0.25) is 0 Å². The third-order valence-corrected chi connectivity index (χ3v) is 5.24. The van der Waals surface area contributed by atoms with Gasteiger partial charge in [-0.1, -0.05) is 0 Å². The minimum absolute atomic E-state index is 0.0596. The van der Waals surface area contributed by atoms with Crippen molar-refractivity contribution in [2.45, 2.75) is 26.7 Å². The van der Waals surface area contributed by atoms with Gasteiger partial charge in [0.2, 0.25) is 15.9 Å². The summed E-state index contributed by atoms with van der Waals surface area (Å²) in [6.07, 6.45) is 1.37. The van der Waals surface area contributed by atoms with Crippen molar-refractivity contribution in [3.63, 3.8) is 0 Å². The van der Waals surface area contributed by atoms with Gasteiger partial charge in [-0.2, -0.15) is 0 Å². The molecule has 0 aromatic heterocycles. The number of hydrazine groups is 1. The van der Waals surface area contributed by atoms with E-state index in [1.165, 1.54) is 4.31 Å². The fourth-order valence-electron chi connectivity index (χ4n) is 2.02. The zero-order valence-corrected chi connectivity index (χ0v) is 13.4. The normalized spacial score (nSPS) is 20.2. The fourth-order valence-corrected chi connectivity index (χ4v) is 3.39. The lowest BCUT2D eigenvalue weighted by Crippen LogP contribution is -2.52. The predicted molar refractivity (Wildman–Crippen MR) is 81.3 cm³/mol. The summed E-state index contributed by atoms with van der Waals surface area (Å²) in [5, 5.41) is 3.19. The molecule has 0 aromatic carbocycles. The first-order valence-electron chi connectivity index (χ1n) is 6.72. The summed E-state index contributed by atoms with van der Waals surface area (Å²) in [5.41, 5.74) is 5.11. The van der Waals surface area contributed by atoms with Crippen molar-refractivity contribution >= 4 is 33.3 Å². The van der Waals surface area contributed by atoms with Gasteiger partial charge in [0.15, 0.2) is 5.11 Å². The van der Waals surface area contributed by atoms with Crippen molar-refractivity contribution in [1.29, 1.82) is 0 Å². The second kappa shape index (κ2) is 7.75. The van der Waals surface area contributed by atoms with Gasteiger partial charge in [0.25, 0.3) is 0 Å². The molecule has 0 radical (unpaired) electrons. The summed E-state index contributed by atoms with van der Waals surface area (Å²) in [6, 6.07) is 0. The Morgan fingerprint density at radius 1 is 1.35 bits per heavy atom. The van der Waals surface area contributed by atoms with Crippen LogP contribution < -0.4 is 16.2 Å². The lowest BCUT2D eigenvalue weighted by Gasteiger charge is -2.30. The number of piperidine rings is 1. The number of carbonyl (C=O) groups is 1. The summed E-state index contributed by atoms with van der Waals surface area (Å²) >= 11 is 4.93. The summed E-state index contributed by atoms with van der Waals surface area (Å²) < 4.78 is 25.0. The molecule has 116 valence electrons. The number of nitrogens with one attached hydrogen (secondary N) is 3. The molecular weight excluding hydrogens is 300 g/mol. The Kier molecular flexibility index (Phi) is 6.63. The van der Waals surface area contributed by atoms with Gasteiger partial charge in [-0.15, -0.1) is 0 Å². The predicted octanol–water partition coefficient (Wildman–Crippen LogP) is -0.437. The van der Waals surface area contributed by atoms with Crippen molar-refractivity contribution in [3.05, 3.63) is 0 Å². The highest BCUT2D eigenvalue weighted by Crippen LogP contribution is 2.19. The summed E-state index contributed by atoms with van der Waals surface area (Å²) in [5.74, 6) is -0.521. The summed E-state index contributed by atoms with van der Waals surface area (Å²) in [7, 11) is -3.23. The van der Waals surface area contributed by atoms with Crippen LogP contribution in [0.4, 0.5) is 0 Å². The van der Waals surface area contributed by atoms with E-state index in [-0.39, 0.29) is 24.1 Å². The largest absolute Gasteiger partial charge is 0.362 e. The zero-order chi connectivity index (χ0) is 15.2. The van der Waals surface area contributed by atoms with Gasteiger partial charge < -0.3 is 5.32 Å². The van der Waals surface area contributed by atoms with E-state index in [1.54, 1.807) is 6.92 Å². The smallest absolute Gasteiger partial charge is 0.242 e. The lowest BCUT2D eigenvalue weighted by atomic mass is 9.99. The number of rotatable bonds is 4. The molecule has 1 saturated heterocycles. The van der Waals surface area contributed by atoms with E-state index in [2.05, 4.69) is 16.2 Å². The molecule has 1 unspecified atom stereocenters. The first kappa shape index (κ1) is 17.1. The molecule has 1 aliphatic heterocycles. The molecule has 3 N–H and O–H groups in total. The van der Waals surface area contributed by atoms with Gasteiger partial charge in [-0.3, -0.25) is 15.6 Å². The van der Waals surface area contributed by atoms with Crippen molar-refractivity contribution in [1.82, 2.24) is 20.5 Å². The first-order chi connectivity index (χ1) is 9.40. The fraction of sp³-hybridized carbons (Fsp3) is 0.818. The van der Waals surface area contributed by atoms with Crippen LogP contribution in [-0.2, 0) is 14.8 Å². The molecule has 0 aromatic rings. The van der Waals surface area contributed by atoms with Gasteiger partial charge in [0.1, 0.15) is 0 Å². The lowest BCUT2D eigenvalue weighted by molar-refractivity contribution is -0.126. The zero-order valence-electron chi connectivity index (χ0n) is 11.8. The van der Waals surface area contributed by atoms with Crippen LogP contribution in [0.15, 0.2) is 0 Å². The molecule has 1 aliphatic rings. The Bertz CT molecular complexity index is 453. The minimum atomic E-state index is -3.23. The monoisotopic (exact) mass is 322 g/mol. The molecule has 0 bridgehead atoms. The Morgan fingerprint density at radius 3 is 2.65 bits per heavy atom. The molecule has 0 aliphatic carbocycles. The van der Waals surface area contributed by atoms with E-state index in [9.17, 15) is 13.2 Å². The molecule has 20 heavy (non-hydrogen) atoms. The second-order valence-electron chi connectivity index (χ2n) is 4.57. The molecule has 1 fully saturated rings. The highest BCUT2D eigenvalue weighted by molar-refractivity contribution is 7.89. The van der Waals surface area contributed by atoms with Crippen molar-refractivity contribution < 1.29 is 13.2 Å². The molecule has 1 atom stereocenters. The number of carbonyl (C=O) groups excluding carboxylic acids is 1. The van der Waals surface area contributed by atoms with Crippen LogP contribution in [-0.4, -0.2) is 49.1 Å². The second-order valence-corrected chi connectivity index (χ2v) is 7.24. The van der Waals surface area contributed by atoms with E-state index in [0.717, 1.165) is 0 Å². The highest BCUT2D eigenvalue weighted by Gasteiger charge is 2.31. The van der Waals surface area contributed by atoms with Crippen LogP contribution in [0.3, 0.4) is 0 Å². The maximum absolute atomic E-state index is 12.0. The molecule has 0 saturated carbocycles. The van der Waals surface area contributed by atoms with Gasteiger partial charge in [-0.25, -0.2) is 12.7 Å². The van der Waals surface area contributed by atoms with Crippen molar-refractivity contribution in [2.75, 3.05) is 25.4 Å². The molecule has 1 rings (SSSR count). The van der Waals surface area contributed by atoms with Crippen molar-refractivity contribution in [2.24, 2.45) is 5.92 Å². The molecule has 0 spiro atoms. The van der Waals surface area contributed by atoms with Crippen LogP contribution in [0.25, 0.3) is 0 Å². The first-order valence-corrected chi connectivity index (χ1v) is 8.74. The number of hydrogen-bond acceptors (Lipinski definition) is 4. The maximum atomic E-state index is 12.0. The van der Waals surface area contributed by atoms with Crippen LogP contribution in [0.5, 0.6) is 0 Å². The molecule has 1 amide bonds. The molecular formula is C11H22N4O3S2. The highest BCUT2D eigenvalue weighted by atomic mass is 32.2. The molecule has 7 nitrogen and oxygen atoms in total. The SMILES string of the molecule is CCNC(=S)NNC(=O)C1CCCN(S(=O)(=O)CC)C1. The van der Waals surface area contributed by atoms with E-state index >= 15 is 0 Å². The van der Waals surface area contributed by atoms with Gasteiger partial charge in [0, 0.05) is 19.6 Å². The van der Waals surface area contributed by atoms with E-state index in [4.69, 9.17) is 12.2 Å². The van der Waals surface area contributed by atoms with Crippen molar-refractivity contribution in [3.8, 4) is 0 Å². The van der Waals surface area contributed by atoms with E-state index < -0.39 is 10.0 Å². The van der Waals surface area contributed by atoms with E-state index in [1.807, 2.05) is 6.92 Å². The molecule has 9 heteroatoms. The van der Waals surface area contributed by atoms with Gasteiger partial charge >= 0.3 is 0 Å². The Morgan fingerprint density at radius 2 is 2.05 bits per heavy atom. The topological polar surface area (TPSA) is 90.5 Å². The Hall–Kier alpha value is -0.930. The third-order valence-electron chi connectivity index (χ3n) is 3.15. The number of thiocarbonyl (C=S) groups is 1. The van der Waals surface area contributed by atoms with Gasteiger partial charge in [0.05, 0.1) is 11.7 Å². The van der Waals surface area contributed by atoms with Crippen LogP contribution >= 0.6 is 12.2 Å². The molecule has 1 heterocycles. The van der Waals surface area contributed by atoms with E-state index in [0.29, 0.717) is 31.0 Å². The summed E-state index contributed by atoms with van der Waals surface area (Å²) in [4.78, 5) is 12.0. The number of nitrogens with zero attached hydrogens (tertiary/aromatic N) is 1. The minimum Gasteiger partial charge on any atom is -0.362 e.